The molecule has 1 saturated carbocycles. The smallest absolute Gasteiger partial charge is 0.307 e. The average Bonchev–Trinajstić information content (AvgIpc) is 2.49. The molecule has 2 rings (SSSR count). The highest BCUT2D eigenvalue weighted by atomic mass is 16.4. The van der Waals surface area contributed by atoms with Gasteiger partial charge in [-0.15, -0.1) is 0 Å². The van der Waals surface area contributed by atoms with Crippen LogP contribution in [0.3, 0.4) is 0 Å². The third-order valence-electron chi connectivity index (χ3n) is 4.48. The van der Waals surface area contributed by atoms with Gasteiger partial charge in [-0.05, 0) is 24.0 Å². The number of carbonyl (C=O) groups is 2. The van der Waals surface area contributed by atoms with Crippen molar-refractivity contribution in [3.63, 3.8) is 0 Å². The van der Waals surface area contributed by atoms with E-state index in [-0.39, 0.29) is 18.2 Å². The van der Waals surface area contributed by atoms with Crippen molar-refractivity contribution in [2.75, 3.05) is 5.32 Å². The number of nitrogens with one attached hydrogen (secondary N) is 1. The number of benzene rings is 1. The van der Waals surface area contributed by atoms with Crippen LogP contribution in [-0.4, -0.2) is 17.0 Å². The van der Waals surface area contributed by atoms with Crippen LogP contribution in [0.2, 0.25) is 0 Å². The lowest BCUT2D eigenvalue weighted by Gasteiger charge is -2.24. The largest absolute Gasteiger partial charge is 0.481 e. The molecule has 0 spiro atoms. The second-order valence-electron chi connectivity index (χ2n) is 6.36. The molecule has 120 valence electrons. The molecule has 0 aliphatic heterocycles. The topological polar surface area (TPSA) is 66.4 Å². The Morgan fingerprint density at radius 1 is 1.23 bits per heavy atom. The van der Waals surface area contributed by atoms with Gasteiger partial charge < -0.3 is 10.4 Å². The highest BCUT2D eigenvalue weighted by Crippen LogP contribution is 2.29. The van der Waals surface area contributed by atoms with E-state index in [1.165, 1.54) is 32.1 Å². The quantitative estimate of drug-likeness (QED) is 0.838. The molecule has 22 heavy (non-hydrogen) atoms. The van der Waals surface area contributed by atoms with Crippen LogP contribution >= 0.6 is 0 Å². The molecule has 1 aromatic rings. The Bertz CT molecular complexity index is 521. The number of aliphatic carboxylic acids is 1. The number of para-hydroxylation sites is 1. The second-order valence-corrected chi connectivity index (χ2v) is 6.36. The van der Waals surface area contributed by atoms with Crippen molar-refractivity contribution < 1.29 is 14.7 Å². The first kappa shape index (κ1) is 16.5. The van der Waals surface area contributed by atoms with Gasteiger partial charge in [-0.1, -0.05) is 57.2 Å². The predicted octanol–water partition coefficient (Wildman–Crippen LogP) is 3.86. The molecule has 2 N–H and O–H groups in total. The van der Waals surface area contributed by atoms with Crippen LogP contribution in [0.15, 0.2) is 24.3 Å². The van der Waals surface area contributed by atoms with E-state index in [0.29, 0.717) is 17.2 Å². The van der Waals surface area contributed by atoms with Crippen LogP contribution < -0.4 is 5.32 Å². The molecular weight excluding hydrogens is 278 g/mol. The first-order chi connectivity index (χ1) is 10.6. The fraction of sp³-hybridized carbons (Fsp3) is 0.556. The molecular formula is C18H25NO3. The molecule has 4 heteroatoms. The van der Waals surface area contributed by atoms with E-state index in [1.54, 1.807) is 18.2 Å². The standard InChI is InChI=1S/C18H25NO3/c1-13(11-14-7-3-2-4-8-14)18(22)19-16-10-6-5-9-15(16)12-17(20)21/h5-6,9-10,13-14H,2-4,7-8,11-12H2,1H3,(H,19,22)(H,20,21). The van der Waals surface area contributed by atoms with Crippen LogP contribution in [0.4, 0.5) is 5.69 Å². The summed E-state index contributed by atoms with van der Waals surface area (Å²) in [7, 11) is 0. The molecule has 0 saturated heterocycles. The van der Waals surface area contributed by atoms with Crippen molar-refractivity contribution in [1.82, 2.24) is 0 Å². The van der Waals surface area contributed by atoms with Gasteiger partial charge in [-0.2, -0.15) is 0 Å². The average molecular weight is 303 g/mol. The van der Waals surface area contributed by atoms with E-state index in [0.717, 1.165) is 6.42 Å². The first-order valence-corrected chi connectivity index (χ1v) is 8.17. The van der Waals surface area contributed by atoms with Gasteiger partial charge in [0.2, 0.25) is 5.91 Å². The Hall–Kier alpha value is -1.84. The molecule has 1 aliphatic rings. The first-order valence-electron chi connectivity index (χ1n) is 8.17. The maximum Gasteiger partial charge on any atom is 0.307 e. The van der Waals surface area contributed by atoms with Gasteiger partial charge in [-0.3, -0.25) is 9.59 Å². The summed E-state index contributed by atoms with van der Waals surface area (Å²) in [5.74, 6) is -0.287. The monoisotopic (exact) mass is 303 g/mol. The summed E-state index contributed by atoms with van der Waals surface area (Å²) in [5, 5.41) is 11.8. The number of rotatable bonds is 6. The Morgan fingerprint density at radius 3 is 2.59 bits per heavy atom. The highest BCUT2D eigenvalue weighted by Gasteiger charge is 2.21. The summed E-state index contributed by atoms with van der Waals surface area (Å²) in [5.41, 5.74) is 1.26. The summed E-state index contributed by atoms with van der Waals surface area (Å²) >= 11 is 0. The van der Waals surface area contributed by atoms with Crippen LogP contribution in [0.25, 0.3) is 0 Å². The van der Waals surface area contributed by atoms with Gasteiger partial charge >= 0.3 is 5.97 Å². The van der Waals surface area contributed by atoms with Crippen LogP contribution in [0, 0.1) is 11.8 Å². The van der Waals surface area contributed by atoms with E-state index in [2.05, 4.69) is 5.32 Å². The minimum absolute atomic E-state index is 0.0107. The summed E-state index contributed by atoms with van der Waals surface area (Å²) in [6.07, 6.45) is 7.18. The fourth-order valence-electron chi connectivity index (χ4n) is 3.25. The van der Waals surface area contributed by atoms with Crippen molar-refractivity contribution in [2.45, 2.75) is 51.9 Å². The van der Waals surface area contributed by atoms with Gasteiger partial charge in [0.15, 0.2) is 0 Å². The van der Waals surface area contributed by atoms with Crippen molar-refractivity contribution in [1.29, 1.82) is 0 Å². The fourth-order valence-corrected chi connectivity index (χ4v) is 3.25. The Kier molecular flexibility index (Phi) is 5.99. The Labute approximate surface area is 131 Å². The zero-order valence-electron chi connectivity index (χ0n) is 13.2. The van der Waals surface area contributed by atoms with Crippen LogP contribution in [0.1, 0.15) is 51.0 Å². The second kappa shape index (κ2) is 7.97. The number of carboxylic acids is 1. The molecule has 1 unspecified atom stereocenters. The lowest BCUT2D eigenvalue weighted by molar-refractivity contribution is -0.136. The lowest BCUT2D eigenvalue weighted by Crippen LogP contribution is -2.24. The summed E-state index contributed by atoms with van der Waals surface area (Å²) in [6, 6.07) is 7.12. The maximum atomic E-state index is 12.4. The van der Waals surface area contributed by atoms with Crippen LogP contribution in [0.5, 0.6) is 0 Å². The van der Waals surface area contributed by atoms with E-state index in [9.17, 15) is 9.59 Å². The molecule has 1 amide bonds. The molecule has 0 radical (unpaired) electrons. The molecule has 0 heterocycles. The Balaban J connectivity index is 1.94. The van der Waals surface area contributed by atoms with Crippen molar-refractivity contribution in [3.05, 3.63) is 29.8 Å². The normalized spacial score (nSPS) is 17.0. The molecule has 0 aromatic heterocycles. The van der Waals surface area contributed by atoms with E-state index in [4.69, 9.17) is 5.11 Å². The number of hydrogen-bond donors (Lipinski definition) is 2. The molecule has 0 bridgehead atoms. The Morgan fingerprint density at radius 2 is 1.91 bits per heavy atom. The number of hydrogen-bond acceptors (Lipinski definition) is 2. The van der Waals surface area contributed by atoms with E-state index >= 15 is 0 Å². The van der Waals surface area contributed by atoms with Gasteiger partial charge in [0.1, 0.15) is 0 Å². The molecule has 1 aromatic carbocycles. The SMILES string of the molecule is CC(CC1CCCCC1)C(=O)Nc1ccccc1CC(=O)O. The predicted molar refractivity (Wildman–Crippen MR) is 86.8 cm³/mol. The third kappa shape index (κ3) is 4.86. The summed E-state index contributed by atoms with van der Waals surface area (Å²) < 4.78 is 0. The number of carbonyl (C=O) groups excluding carboxylic acids is 1. The molecule has 1 aliphatic carbocycles. The van der Waals surface area contributed by atoms with Crippen molar-refractivity contribution in [3.8, 4) is 0 Å². The van der Waals surface area contributed by atoms with Gasteiger partial charge in [-0.25, -0.2) is 0 Å². The molecule has 1 fully saturated rings. The van der Waals surface area contributed by atoms with E-state index < -0.39 is 5.97 Å². The summed E-state index contributed by atoms with van der Waals surface area (Å²) in [4.78, 5) is 23.3. The van der Waals surface area contributed by atoms with Gasteiger partial charge in [0.05, 0.1) is 6.42 Å². The zero-order valence-corrected chi connectivity index (χ0v) is 13.2. The van der Waals surface area contributed by atoms with E-state index in [1.807, 2.05) is 13.0 Å². The minimum atomic E-state index is -0.892. The third-order valence-corrected chi connectivity index (χ3v) is 4.48. The lowest BCUT2D eigenvalue weighted by atomic mass is 9.83. The molecule has 4 nitrogen and oxygen atoms in total. The highest BCUT2D eigenvalue weighted by molar-refractivity contribution is 5.93. The van der Waals surface area contributed by atoms with Crippen LogP contribution in [-0.2, 0) is 16.0 Å². The number of amides is 1. The number of anilines is 1. The number of carboxylic acid groups (broad SMARTS) is 1. The zero-order chi connectivity index (χ0) is 15.9. The minimum Gasteiger partial charge on any atom is -0.481 e. The molecule has 1 atom stereocenters. The summed E-state index contributed by atoms with van der Waals surface area (Å²) in [6.45, 7) is 1.96. The van der Waals surface area contributed by atoms with Gasteiger partial charge in [0, 0.05) is 11.6 Å². The van der Waals surface area contributed by atoms with Gasteiger partial charge in [0.25, 0.3) is 0 Å². The van der Waals surface area contributed by atoms with Crippen molar-refractivity contribution in [2.24, 2.45) is 11.8 Å². The van der Waals surface area contributed by atoms with Crippen molar-refractivity contribution >= 4 is 17.6 Å². The maximum absolute atomic E-state index is 12.4.